The second-order valence-corrected chi connectivity index (χ2v) is 23.2. The van der Waals surface area contributed by atoms with Gasteiger partial charge in [0, 0.05) is 71.6 Å². The summed E-state index contributed by atoms with van der Waals surface area (Å²) >= 11 is 0. The number of aliphatic hydroxyl groups excluding tert-OH is 3. The number of aliphatic hydroxyl groups is 4. The minimum Gasteiger partial charge on any atom is -0.460 e. The van der Waals surface area contributed by atoms with Gasteiger partial charge >= 0.3 is 5.97 Å². The second-order valence-electron chi connectivity index (χ2n) is 23.2. The van der Waals surface area contributed by atoms with Crippen molar-refractivity contribution in [3.8, 4) is 0 Å². The first-order valence-electron chi connectivity index (χ1n) is 30.0. The Bertz CT molecular complexity index is 2050. The number of methoxy groups -OCH3 is 3. The number of hydrogen-bond acceptors (Lipinski definition) is 18. The van der Waals surface area contributed by atoms with Gasteiger partial charge in [-0.25, -0.2) is 4.79 Å². The molecule has 470 valence electrons. The summed E-state index contributed by atoms with van der Waals surface area (Å²) in [6, 6.07) is -1.15. The van der Waals surface area contributed by atoms with E-state index in [9.17, 15) is 39.6 Å². The monoisotopic (exact) mass is 1160 g/mol. The lowest BCUT2D eigenvalue weighted by Gasteiger charge is -2.43. The SMILES string of the molecule is C=C/C=C/C=C(\C)[C@H](C[C@@H]1CC[C@@H](C)[C@](O)(C(=O)C(=O)N2CCCC[C@H]2C(=O)O[C@@H](C[C@@H](O)[C@H](C)/C=C(\C)[C@@H](O)[C@@H](OC)/C(=N/OCC(=O)NCCOCCOCCOCC)[C@H](C)CC(C)C)[C@H](C)C[C@@H]2CC[C@@H](O)[C@H](OC)C2)O1)OC. The van der Waals surface area contributed by atoms with Gasteiger partial charge in [-0.05, 0) is 114 Å². The van der Waals surface area contributed by atoms with Crippen LogP contribution in [0.2, 0.25) is 0 Å². The number of carbonyl (C=O) groups is 4. The molecule has 0 aromatic carbocycles. The van der Waals surface area contributed by atoms with Crippen molar-refractivity contribution >= 4 is 29.3 Å². The molecule has 1 saturated carbocycles. The Kier molecular flexibility index (Phi) is 33.7. The Hall–Kier alpha value is -3.93. The van der Waals surface area contributed by atoms with E-state index in [1.807, 2.05) is 39.8 Å². The average molecular weight is 1160 g/mol. The molecule has 0 spiro atoms. The third kappa shape index (κ3) is 23.5. The molecule has 3 fully saturated rings. The summed E-state index contributed by atoms with van der Waals surface area (Å²) in [5.41, 5.74) is 1.78. The number of ketones is 1. The fourth-order valence-corrected chi connectivity index (χ4v) is 11.3. The van der Waals surface area contributed by atoms with E-state index in [0.717, 1.165) is 12.0 Å². The van der Waals surface area contributed by atoms with Gasteiger partial charge in [0.1, 0.15) is 24.4 Å². The number of esters is 1. The van der Waals surface area contributed by atoms with Gasteiger partial charge in [0.2, 0.25) is 5.79 Å². The van der Waals surface area contributed by atoms with Crippen molar-refractivity contribution in [2.24, 2.45) is 40.7 Å². The average Bonchev–Trinajstić information content (AvgIpc) is 3.46. The maximum Gasteiger partial charge on any atom is 0.329 e. The predicted molar refractivity (Wildman–Crippen MR) is 312 cm³/mol. The Balaban J connectivity index is 1.82. The molecule has 2 heterocycles. The summed E-state index contributed by atoms with van der Waals surface area (Å²) in [7, 11) is 4.61. The highest BCUT2D eigenvalue weighted by molar-refractivity contribution is 6.39. The molecule has 3 aliphatic rings. The van der Waals surface area contributed by atoms with E-state index in [1.165, 1.54) is 12.0 Å². The van der Waals surface area contributed by atoms with Crippen LogP contribution in [0.25, 0.3) is 0 Å². The smallest absolute Gasteiger partial charge is 0.329 e. The molecule has 20 nitrogen and oxygen atoms in total. The van der Waals surface area contributed by atoms with Crippen LogP contribution in [-0.2, 0) is 61.9 Å². The summed E-state index contributed by atoms with van der Waals surface area (Å²) in [6.07, 6.45) is 8.49. The molecular formula is C62H105N3O17. The van der Waals surface area contributed by atoms with Gasteiger partial charge in [-0.2, -0.15) is 0 Å². The third-order valence-electron chi connectivity index (χ3n) is 16.3. The van der Waals surface area contributed by atoms with Crippen LogP contribution in [0.15, 0.2) is 53.3 Å². The molecule has 0 aromatic heterocycles. The molecule has 2 saturated heterocycles. The first-order valence-corrected chi connectivity index (χ1v) is 30.0. The topological polar surface area (TPSA) is 260 Å². The molecule has 3 rings (SSSR count). The number of piperidine rings is 1. The summed E-state index contributed by atoms with van der Waals surface area (Å²) in [6.45, 7) is 23.4. The van der Waals surface area contributed by atoms with Crippen LogP contribution in [0.3, 0.4) is 0 Å². The number of likely N-dealkylation sites (tertiary alicyclic amines) is 1. The van der Waals surface area contributed by atoms with Crippen LogP contribution in [-0.4, -0.2) is 196 Å². The molecule has 0 radical (unpaired) electrons. The van der Waals surface area contributed by atoms with Gasteiger partial charge in [0.05, 0.1) is 69.3 Å². The van der Waals surface area contributed by atoms with E-state index in [2.05, 4.69) is 30.9 Å². The fraction of sp³-hybridized carbons (Fsp3) is 0.790. The molecule has 0 aromatic rings. The van der Waals surface area contributed by atoms with Crippen molar-refractivity contribution in [1.29, 1.82) is 0 Å². The van der Waals surface area contributed by atoms with Crippen molar-refractivity contribution in [3.63, 3.8) is 0 Å². The highest BCUT2D eigenvalue weighted by Gasteiger charge is 2.53. The summed E-state index contributed by atoms with van der Waals surface area (Å²) in [5, 5.41) is 53.7. The Morgan fingerprint density at radius 1 is 0.866 bits per heavy atom. The van der Waals surface area contributed by atoms with Gasteiger partial charge in [-0.3, -0.25) is 14.4 Å². The lowest BCUT2D eigenvalue weighted by molar-refractivity contribution is -0.265. The van der Waals surface area contributed by atoms with Crippen molar-refractivity contribution in [1.82, 2.24) is 10.2 Å². The zero-order valence-electron chi connectivity index (χ0n) is 51.6. The molecule has 2 amide bonds. The number of Topliss-reactive ketones (excluding diaryl/α,β-unsaturated/α-hetero) is 1. The van der Waals surface area contributed by atoms with Gasteiger partial charge in [0.15, 0.2) is 6.61 Å². The van der Waals surface area contributed by atoms with Crippen LogP contribution >= 0.6 is 0 Å². The quantitative estimate of drug-likeness (QED) is 0.00830. The van der Waals surface area contributed by atoms with Crippen molar-refractivity contribution in [3.05, 3.63) is 48.1 Å². The highest BCUT2D eigenvalue weighted by Crippen LogP contribution is 2.38. The van der Waals surface area contributed by atoms with Crippen molar-refractivity contribution in [2.45, 2.75) is 200 Å². The first-order chi connectivity index (χ1) is 39.1. The number of oxime groups is 1. The van der Waals surface area contributed by atoms with Gasteiger partial charge < -0.3 is 73.4 Å². The number of amides is 2. The second kappa shape index (κ2) is 38.2. The number of carbonyl (C=O) groups excluding carboxylic acids is 4. The minimum atomic E-state index is -2.44. The zero-order chi connectivity index (χ0) is 60.9. The fourth-order valence-electron chi connectivity index (χ4n) is 11.3. The van der Waals surface area contributed by atoms with Crippen LogP contribution in [0.1, 0.15) is 139 Å². The maximum absolute atomic E-state index is 14.6. The van der Waals surface area contributed by atoms with Crippen LogP contribution in [0, 0.1) is 35.5 Å². The summed E-state index contributed by atoms with van der Waals surface area (Å²) in [4.78, 5) is 62.8. The van der Waals surface area contributed by atoms with Crippen LogP contribution < -0.4 is 5.32 Å². The first kappa shape index (κ1) is 72.3. The van der Waals surface area contributed by atoms with Crippen molar-refractivity contribution in [2.75, 3.05) is 80.7 Å². The van der Waals surface area contributed by atoms with E-state index in [-0.39, 0.29) is 75.0 Å². The minimum absolute atomic E-state index is 0.0119. The molecular weight excluding hydrogens is 1060 g/mol. The number of allylic oxidation sites excluding steroid dienone is 4. The summed E-state index contributed by atoms with van der Waals surface area (Å²) < 4.78 is 46.0. The largest absolute Gasteiger partial charge is 0.460 e. The highest BCUT2D eigenvalue weighted by atomic mass is 16.6. The molecule has 0 bridgehead atoms. The van der Waals surface area contributed by atoms with Gasteiger partial charge in [0.25, 0.3) is 17.6 Å². The molecule has 5 N–H and O–H groups in total. The Labute approximate surface area is 489 Å². The zero-order valence-corrected chi connectivity index (χ0v) is 51.6. The number of hydrogen-bond donors (Lipinski definition) is 5. The lowest BCUT2D eigenvalue weighted by atomic mass is 9.78. The van der Waals surface area contributed by atoms with E-state index in [1.54, 1.807) is 53.2 Å². The standard InChI is InChI=1S/C62H105N3O17/c1-14-16-17-20-41(5)52(74-11)37-48-24-22-46(10)62(73,82-48)59(70)60(71)65-27-19-18-21-49(65)61(72)81-53(43(7)35-47-23-25-50(66)54(36-47)75-12)38-51(67)42(6)34-45(9)57(69)58(76-13)56(44(8)33-40(3)4)64-80-39-55(68)63-26-28-78-31-32-79-30-29-77-15-2/h14,16-17,20,34,40,42-44,46-54,57-58,66-67,69,73H,1,15,18-19,21-33,35-39H2,2-13H3,(H,63,68)/b17-16+,41-20+,45-34+,64-56+/t42-,43-,44-,46-,47+,48+,49+,50-,51-,52+,53+,54-,57-,58+,62-/m1/s1. The molecule has 15 atom stereocenters. The Morgan fingerprint density at radius 3 is 2.21 bits per heavy atom. The van der Waals surface area contributed by atoms with E-state index in [0.29, 0.717) is 102 Å². The normalized spacial score (nSPS) is 26.1. The molecule has 82 heavy (non-hydrogen) atoms. The Morgan fingerprint density at radius 2 is 1.56 bits per heavy atom. The maximum atomic E-state index is 14.6. The number of nitrogens with one attached hydrogen (secondary N) is 1. The van der Waals surface area contributed by atoms with Gasteiger partial charge in [-0.15, -0.1) is 0 Å². The molecule has 20 heteroatoms. The van der Waals surface area contributed by atoms with Crippen molar-refractivity contribution < 1.29 is 82.3 Å². The predicted octanol–water partition coefficient (Wildman–Crippen LogP) is 6.60. The molecule has 2 aliphatic heterocycles. The van der Waals surface area contributed by atoms with E-state index >= 15 is 0 Å². The van der Waals surface area contributed by atoms with E-state index < -0.39 is 83.9 Å². The number of rotatable bonds is 38. The molecule has 1 aliphatic carbocycles. The molecule has 0 unspecified atom stereocenters. The van der Waals surface area contributed by atoms with Gasteiger partial charge in [-0.1, -0.05) is 83.7 Å². The lowest BCUT2D eigenvalue weighted by Crippen LogP contribution is -2.61. The van der Waals surface area contributed by atoms with E-state index in [4.69, 9.17) is 42.7 Å². The number of nitrogens with zero attached hydrogens (tertiary/aromatic N) is 2. The number of ether oxygens (including phenoxy) is 8. The van der Waals surface area contributed by atoms with Crippen LogP contribution in [0.4, 0.5) is 0 Å². The third-order valence-corrected chi connectivity index (χ3v) is 16.3. The summed E-state index contributed by atoms with van der Waals surface area (Å²) in [5.74, 6) is -7.22. The van der Waals surface area contributed by atoms with Crippen LogP contribution in [0.5, 0.6) is 0 Å².